The van der Waals surface area contributed by atoms with E-state index in [4.69, 9.17) is 10.7 Å². The van der Waals surface area contributed by atoms with E-state index in [0.29, 0.717) is 6.54 Å². The highest BCUT2D eigenvalue weighted by molar-refractivity contribution is 6.13. The van der Waals surface area contributed by atoms with Gasteiger partial charge in [0, 0.05) is 28.8 Å². The van der Waals surface area contributed by atoms with E-state index in [2.05, 4.69) is 40.5 Å². The van der Waals surface area contributed by atoms with Gasteiger partial charge in [0.25, 0.3) is 0 Å². The molecule has 0 spiro atoms. The first kappa shape index (κ1) is 21.6. The van der Waals surface area contributed by atoms with Gasteiger partial charge >= 0.3 is 0 Å². The average molecular weight is 377 g/mol. The smallest absolute Gasteiger partial charge is 0.0927 e. The van der Waals surface area contributed by atoms with E-state index >= 15 is 0 Å². The number of nitrogens with one attached hydrogen (secondary N) is 1. The molecular formula is C24H32N4. The van der Waals surface area contributed by atoms with Crippen LogP contribution in [0.5, 0.6) is 0 Å². The number of hydrogen-bond acceptors (Lipinski definition) is 3. The Morgan fingerprint density at radius 1 is 1.11 bits per heavy atom. The second kappa shape index (κ2) is 10.00. The molecule has 1 aromatic heterocycles. The predicted molar refractivity (Wildman–Crippen MR) is 121 cm³/mol. The number of allylic oxidation sites excluding steroid dienone is 3. The van der Waals surface area contributed by atoms with E-state index in [1.165, 1.54) is 11.1 Å². The van der Waals surface area contributed by atoms with Gasteiger partial charge in [-0.3, -0.25) is 10.1 Å². The van der Waals surface area contributed by atoms with Crippen molar-refractivity contribution < 1.29 is 0 Å². The molecule has 1 atom stereocenters. The largest absolute Gasteiger partial charge is 0.318 e. The zero-order chi connectivity index (χ0) is 20.6. The lowest BCUT2D eigenvalue weighted by atomic mass is 9.83. The number of nitrogens with zero attached hydrogens (tertiary/aromatic N) is 2. The van der Waals surface area contributed by atoms with E-state index in [9.17, 15) is 0 Å². The summed E-state index contributed by atoms with van der Waals surface area (Å²) >= 11 is 0. The van der Waals surface area contributed by atoms with Crippen LogP contribution < -0.4 is 5.73 Å². The Labute approximate surface area is 169 Å². The molecule has 0 saturated heterocycles. The van der Waals surface area contributed by atoms with Gasteiger partial charge in [0.2, 0.25) is 0 Å². The molecule has 1 aliphatic heterocycles. The molecule has 0 radical (unpaired) electrons. The molecule has 148 valence electrons. The van der Waals surface area contributed by atoms with E-state index in [1.807, 2.05) is 65.0 Å². The first-order chi connectivity index (χ1) is 13.7. The molecule has 2 aliphatic rings. The lowest BCUT2D eigenvalue weighted by Gasteiger charge is -2.26. The van der Waals surface area contributed by atoms with Crippen molar-refractivity contribution in [2.75, 3.05) is 6.54 Å². The summed E-state index contributed by atoms with van der Waals surface area (Å²) in [7, 11) is 0. The number of benzene rings is 1. The molecule has 28 heavy (non-hydrogen) atoms. The molecule has 4 rings (SSSR count). The second-order valence-corrected chi connectivity index (χ2v) is 6.31. The topological polar surface area (TPSA) is 67.1 Å². The molecule has 0 bridgehead atoms. The third-order valence-corrected chi connectivity index (χ3v) is 4.55. The number of nitrogens with two attached hydrogens (primary N) is 1. The minimum absolute atomic E-state index is 0.421. The summed E-state index contributed by atoms with van der Waals surface area (Å²) in [5, 5.41) is 7.62. The van der Waals surface area contributed by atoms with Crippen molar-refractivity contribution >= 4 is 11.3 Å². The Morgan fingerprint density at radius 3 is 2.50 bits per heavy atom. The Bertz CT molecular complexity index is 884. The van der Waals surface area contributed by atoms with Gasteiger partial charge in [-0.25, -0.2) is 0 Å². The molecule has 0 fully saturated rings. The van der Waals surface area contributed by atoms with E-state index in [0.717, 1.165) is 29.1 Å². The summed E-state index contributed by atoms with van der Waals surface area (Å²) in [5.74, 6) is 0. The van der Waals surface area contributed by atoms with Crippen molar-refractivity contribution in [2.24, 2.45) is 10.7 Å². The molecule has 2 aromatic rings. The zero-order valence-electron chi connectivity index (χ0n) is 17.7. The Morgan fingerprint density at radius 2 is 1.82 bits per heavy atom. The van der Waals surface area contributed by atoms with Gasteiger partial charge in [-0.15, -0.1) is 0 Å². The molecule has 4 heteroatoms. The van der Waals surface area contributed by atoms with E-state index in [-0.39, 0.29) is 0 Å². The lowest BCUT2D eigenvalue weighted by molar-refractivity contribution is 0.678. The van der Waals surface area contributed by atoms with Crippen LogP contribution >= 0.6 is 0 Å². The maximum atomic E-state index is 6.39. The van der Waals surface area contributed by atoms with Crippen molar-refractivity contribution in [1.29, 1.82) is 0 Å². The quantitative estimate of drug-likeness (QED) is 0.688. The highest BCUT2D eigenvalue weighted by Crippen LogP contribution is 2.33. The fourth-order valence-electron chi connectivity index (χ4n) is 3.34. The average Bonchev–Trinajstić information content (AvgIpc) is 3.38. The van der Waals surface area contributed by atoms with Gasteiger partial charge in [-0.2, -0.15) is 5.10 Å². The van der Waals surface area contributed by atoms with Crippen LogP contribution in [-0.2, 0) is 0 Å². The summed E-state index contributed by atoms with van der Waals surface area (Å²) in [4.78, 5) is 4.70. The standard InChI is InChI=1S/C20H20N4.2C2H6/c1-2-9-20(21)10-8-15-16(13-22-19(15)12-20)18-11-17(23-24-18)14-6-4-3-5-7-14;2*1-2/h2-11H,12-13,21H2,1H3,(H,23,24);2*1-2H3/b9-2-;;. The Kier molecular flexibility index (Phi) is 7.70. The number of hydrogen-bond donors (Lipinski definition) is 2. The van der Waals surface area contributed by atoms with Crippen LogP contribution in [-0.4, -0.2) is 28.0 Å². The molecular weight excluding hydrogens is 344 g/mol. The van der Waals surface area contributed by atoms with Crippen LogP contribution in [0.4, 0.5) is 0 Å². The molecule has 2 heterocycles. The van der Waals surface area contributed by atoms with Crippen LogP contribution in [0.1, 0.15) is 46.7 Å². The predicted octanol–water partition coefficient (Wildman–Crippen LogP) is 5.57. The Hall–Kier alpha value is -2.72. The van der Waals surface area contributed by atoms with Gasteiger partial charge in [0.1, 0.15) is 0 Å². The summed E-state index contributed by atoms with van der Waals surface area (Å²) in [6.07, 6.45) is 8.95. The van der Waals surface area contributed by atoms with Crippen LogP contribution in [0.2, 0.25) is 0 Å². The molecule has 3 N–H and O–H groups in total. The van der Waals surface area contributed by atoms with Gasteiger partial charge in [-0.05, 0) is 13.0 Å². The number of aliphatic imine (C=N–C) groups is 1. The summed E-state index contributed by atoms with van der Waals surface area (Å²) < 4.78 is 0. The van der Waals surface area contributed by atoms with Gasteiger partial charge in [0.05, 0.1) is 23.5 Å². The molecule has 1 aromatic carbocycles. The van der Waals surface area contributed by atoms with Crippen molar-refractivity contribution in [3.05, 3.63) is 72.0 Å². The molecule has 4 nitrogen and oxygen atoms in total. The van der Waals surface area contributed by atoms with Crippen LogP contribution in [0, 0.1) is 0 Å². The van der Waals surface area contributed by atoms with Crippen molar-refractivity contribution in [3.8, 4) is 11.3 Å². The molecule has 0 amide bonds. The number of H-pyrrole nitrogens is 1. The summed E-state index contributed by atoms with van der Waals surface area (Å²) in [5.41, 5.74) is 12.5. The molecule has 0 saturated carbocycles. The zero-order valence-corrected chi connectivity index (χ0v) is 17.7. The van der Waals surface area contributed by atoms with E-state index in [1.54, 1.807) is 0 Å². The fourth-order valence-corrected chi connectivity index (χ4v) is 3.34. The first-order valence-electron chi connectivity index (χ1n) is 10.2. The Balaban J connectivity index is 0.000000660. The number of rotatable bonds is 3. The maximum absolute atomic E-state index is 6.39. The van der Waals surface area contributed by atoms with Crippen molar-refractivity contribution in [1.82, 2.24) is 10.2 Å². The number of aromatic amines is 1. The van der Waals surface area contributed by atoms with Gasteiger partial charge in [0.15, 0.2) is 0 Å². The second-order valence-electron chi connectivity index (χ2n) is 6.31. The summed E-state index contributed by atoms with van der Waals surface area (Å²) in [6.45, 7) is 10.7. The highest BCUT2D eigenvalue weighted by atomic mass is 15.1. The first-order valence-corrected chi connectivity index (χ1v) is 10.2. The van der Waals surface area contributed by atoms with E-state index < -0.39 is 5.54 Å². The van der Waals surface area contributed by atoms with Crippen LogP contribution in [0.3, 0.4) is 0 Å². The molecule has 1 aliphatic carbocycles. The minimum Gasteiger partial charge on any atom is -0.318 e. The van der Waals surface area contributed by atoms with Gasteiger partial charge < -0.3 is 5.73 Å². The van der Waals surface area contributed by atoms with Crippen molar-refractivity contribution in [2.45, 2.75) is 46.6 Å². The third kappa shape index (κ3) is 4.57. The lowest BCUT2D eigenvalue weighted by Crippen LogP contribution is -2.39. The third-order valence-electron chi connectivity index (χ3n) is 4.55. The maximum Gasteiger partial charge on any atom is 0.0927 e. The van der Waals surface area contributed by atoms with Crippen molar-refractivity contribution in [3.63, 3.8) is 0 Å². The van der Waals surface area contributed by atoms with Gasteiger partial charge in [-0.1, -0.05) is 82.3 Å². The normalized spacial score (nSPS) is 20.1. The number of fused-ring (bicyclic) bond motifs is 1. The molecule has 1 unspecified atom stereocenters. The monoisotopic (exact) mass is 376 g/mol. The van der Waals surface area contributed by atoms with Crippen LogP contribution in [0.15, 0.2) is 71.3 Å². The SMILES string of the molecule is C/C=C\C1(N)C=CC2=C(c3cc(-c4ccccc4)n[nH]3)CN=C2C1.CC.CC. The number of aromatic nitrogens is 2. The minimum atomic E-state index is -0.421. The fraction of sp³-hybridized carbons (Fsp3) is 0.333. The van der Waals surface area contributed by atoms with Crippen LogP contribution in [0.25, 0.3) is 16.8 Å². The summed E-state index contributed by atoms with van der Waals surface area (Å²) in [6, 6.07) is 12.3. The highest BCUT2D eigenvalue weighted by Gasteiger charge is 2.31.